The number of benzene rings is 2. The second-order valence-electron chi connectivity index (χ2n) is 16.3. The van der Waals surface area contributed by atoms with Gasteiger partial charge in [-0.05, 0) is 49.7 Å². The fourth-order valence-corrected chi connectivity index (χ4v) is 7.31. The van der Waals surface area contributed by atoms with Crippen LogP contribution in [0.15, 0.2) is 60.7 Å². The van der Waals surface area contributed by atoms with Crippen LogP contribution in [-0.2, 0) is 32.3 Å². The third-order valence-electron chi connectivity index (χ3n) is 11.0. The fraction of sp³-hybridized carbons (Fsp3) is 0.720. The Kier molecular flexibility index (Phi) is 41.2. The largest absolute Gasteiger partial charge is 2.00 e. The van der Waals surface area contributed by atoms with Crippen LogP contribution < -0.4 is 10.2 Å². The minimum atomic E-state index is -1.16. The molecule has 4 atom stereocenters. The number of aliphatic hydroxyl groups excluding tert-OH is 2. The van der Waals surface area contributed by atoms with Gasteiger partial charge in [-0.3, -0.25) is 0 Å². The average Bonchev–Trinajstić information content (AvgIpc) is 3.21. The molecule has 0 radical (unpaired) electrons. The van der Waals surface area contributed by atoms with E-state index >= 15 is 0 Å². The van der Waals surface area contributed by atoms with Crippen LogP contribution in [0.4, 0.5) is 0 Å². The minimum Gasteiger partial charge on any atom is -0.550 e. The summed E-state index contributed by atoms with van der Waals surface area (Å²) in [4.78, 5) is 20.7. The molecule has 0 saturated carbocycles. The first-order chi connectivity index (χ1) is 28.2. The molecule has 0 amide bonds. The summed E-state index contributed by atoms with van der Waals surface area (Å²) in [6.45, 7) is 5.85. The predicted molar refractivity (Wildman–Crippen MR) is 238 cm³/mol. The Morgan fingerprint density at radius 1 is 0.458 bits per heavy atom. The first kappa shape index (κ1) is 57.8. The van der Waals surface area contributed by atoms with Gasteiger partial charge in [-0.2, -0.15) is 0 Å². The van der Waals surface area contributed by atoms with Crippen LogP contribution in [-0.4, -0.2) is 95.4 Å². The summed E-state index contributed by atoms with van der Waals surface area (Å²) >= 11 is 0. The average molecular weight is 949 g/mol. The molecule has 2 aromatic carbocycles. The molecule has 4 unspecified atom stereocenters. The maximum absolute atomic E-state index is 10.4. The Morgan fingerprint density at radius 3 is 0.966 bits per heavy atom. The van der Waals surface area contributed by atoms with Crippen molar-refractivity contribution in [3.05, 3.63) is 71.8 Å². The maximum atomic E-state index is 10.4. The van der Waals surface area contributed by atoms with Gasteiger partial charge >= 0.3 is 48.9 Å². The standard InChI is InChI=1S/2C25H42O4.Ba/c2*1-2-24(29-21-22-16-12-11-13-17-22)19-15-10-8-6-4-3-5-7-9-14-18-23(26)20-25(27)28;/h2*11-13,16-17,23-24,26H,2-10,14-15,18-21H2,1H3,(H,27,28);/q;;+2/p-2. The number of unbranched alkanes of at least 4 members (excludes halogenated alkanes) is 18. The van der Waals surface area contributed by atoms with Crippen LogP contribution in [0.3, 0.4) is 0 Å². The molecule has 0 heterocycles. The number of carbonyl (C=O) groups excluding carboxylic acids is 2. The van der Waals surface area contributed by atoms with Gasteiger partial charge in [-0.1, -0.05) is 203 Å². The van der Waals surface area contributed by atoms with E-state index in [9.17, 15) is 30.0 Å². The van der Waals surface area contributed by atoms with Crippen molar-refractivity contribution < 1.29 is 39.5 Å². The monoisotopic (exact) mass is 949 g/mol. The van der Waals surface area contributed by atoms with Crippen molar-refractivity contribution in [2.45, 2.75) is 231 Å². The van der Waals surface area contributed by atoms with E-state index in [1.54, 1.807) is 0 Å². The van der Waals surface area contributed by atoms with E-state index < -0.39 is 24.1 Å². The number of carboxylic acid groups (broad SMARTS) is 2. The smallest absolute Gasteiger partial charge is 0.550 e. The predicted octanol–water partition coefficient (Wildman–Crippen LogP) is 9.95. The summed E-state index contributed by atoms with van der Waals surface area (Å²) in [5, 5.41) is 39.7. The third-order valence-corrected chi connectivity index (χ3v) is 11.0. The number of ether oxygens (including phenoxy) is 2. The van der Waals surface area contributed by atoms with Gasteiger partial charge in [0.2, 0.25) is 0 Å². The number of carboxylic acids is 2. The van der Waals surface area contributed by atoms with Crippen LogP contribution in [0.5, 0.6) is 0 Å². The van der Waals surface area contributed by atoms with E-state index in [2.05, 4.69) is 62.4 Å². The number of hydrogen-bond acceptors (Lipinski definition) is 8. The molecule has 2 rings (SSSR count). The second-order valence-corrected chi connectivity index (χ2v) is 16.3. The molecule has 0 aliphatic carbocycles. The SMILES string of the molecule is CCC(CCCCCCCCCCCCC(O)CC(=O)[O-])OCc1ccccc1.CCC(CCCCCCCCCCCCC(O)CC(=O)[O-])OCc1ccccc1.[Ba+2]. The first-order valence-electron chi connectivity index (χ1n) is 23.3. The van der Waals surface area contributed by atoms with Crippen LogP contribution in [0.25, 0.3) is 0 Å². The molecule has 59 heavy (non-hydrogen) atoms. The Labute approximate surface area is 400 Å². The minimum absolute atomic E-state index is 0. The molecule has 0 spiro atoms. The normalized spacial score (nSPS) is 13.1. The molecule has 0 aromatic heterocycles. The van der Waals surface area contributed by atoms with E-state index in [1.165, 1.54) is 114 Å². The van der Waals surface area contributed by atoms with E-state index in [4.69, 9.17) is 9.47 Å². The third kappa shape index (κ3) is 38.2. The van der Waals surface area contributed by atoms with Crippen molar-refractivity contribution in [1.82, 2.24) is 0 Å². The number of carbonyl (C=O) groups is 2. The molecular weight excluding hydrogens is 866 g/mol. The van der Waals surface area contributed by atoms with Gasteiger partial charge in [-0.15, -0.1) is 0 Å². The molecule has 0 aliphatic heterocycles. The zero-order valence-electron chi connectivity index (χ0n) is 37.3. The number of hydrogen-bond donors (Lipinski definition) is 2. The molecule has 9 heteroatoms. The number of aliphatic hydroxyl groups is 2. The van der Waals surface area contributed by atoms with E-state index in [0.717, 1.165) is 64.6 Å². The Hall–Kier alpha value is -1.21. The second kappa shape index (κ2) is 42.1. The van der Waals surface area contributed by atoms with Gasteiger partial charge in [0.05, 0.1) is 37.6 Å². The van der Waals surface area contributed by atoms with E-state index in [-0.39, 0.29) is 61.7 Å². The molecule has 2 N–H and O–H groups in total. The summed E-state index contributed by atoms with van der Waals surface area (Å²) in [6.07, 6.45) is 28.7. The van der Waals surface area contributed by atoms with Crippen LogP contribution in [0.1, 0.15) is 205 Å². The summed E-state index contributed by atoms with van der Waals surface area (Å²) < 4.78 is 12.1. The molecule has 332 valence electrons. The van der Waals surface area contributed by atoms with Gasteiger partial charge in [0.1, 0.15) is 0 Å². The Balaban J connectivity index is 0.00000112. The fourth-order valence-electron chi connectivity index (χ4n) is 7.31. The van der Waals surface area contributed by atoms with Crippen molar-refractivity contribution in [2.24, 2.45) is 0 Å². The van der Waals surface area contributed by atoms with Gasteiger partial charge < -0.3 is 39.5 Å². The van der Waals surface area contributed by atoms with Crippen molar-refractivity contribution in [3.8, 4) is 0 Å². The topological polar surface area (TPSA) is 139 Å². The first-order valence-corrected chi connectivity index (χ1v) is 23.3. The maximum Gasteiger partial charge on any atom is 2.00 e. The molecule has 8 nitrogen and oxygen atoms in total. The van der Waals surface area contributed by atoms with Crippen molar-refractivity contribution in [2.75, 3.05) is 0 Å². The van der Waals surface area contributed by atoms with Gasteiger partial charge in [0.25, 0.3) is 0 Å². The Morgan fingerprint density at radius 2 is 0.712 bits per heavy atom. The van der Waals surface area contributed by atoms with Crippen molar-refractivity contribution >= 4 is 60.8 Å². The van der Waals surface area contributed by atoms with Crippen LogP contribution in [0, 0.1) is 0 Å². The number of rotatable bonds is 38. The van der Waals surface area contributed by atoms with Gasteiger partial charge in [-0.25, -0.2) is 0 Å². The summed E-state index contributed by atoms with van der Waals surface area (Å²) in [5.41, 5.74) is 2.50. The van der Waals surface area contributed by atoms with Crippen molar-refractivity contribution in [3.63, 3.8) is 0 Å². The molecule has 0 saturated heterocycles. The quantitative estimate of drug-likeness (QED) is 0.0501. The molecule has 2 aromatic rings. The van der Waals surface area contributed by atoms with Crippen molar-refractivity contribution in [1.29, 1.82) is 0 Å². The zero-order valence-corrected chi connectivity index (χ0v) is 41.8. The summed E-state index contributed by atoms with van der Waals surface area (Å²) in [7, 11) is 0. The molecule has 0 bridgehead atoms. The van der Waals surface area contributed by atoms with Gasteiger partial charge in [0.15, 0.2) is 0 Å². The summed E-state index contributed by atoms with van der Waals surface area (Å²) in [5.74, 6) is -2.33. The molecular formula is C50H82BaO8. The van der Waals surface area contributed by atoms with E-state index in [0.29, 0.717) is 25.0 Å². The molecule has 0 aliphatic rings. The number of aliphatic carboxylic acids is 2. The van der Waals surface area contributed by atoms with E-state index in [1.807, 2.05) is 12.1 Å². The van der Waals surface area contributed by atoms with Crippen LogP contribution >= 0.6 is 0 Å². The summed E-state index contributed by atoms with van der Waals surface area (Å²) in [6, 6.07) is 20.8. The zero-order chi connectivity index (χ0) is 42.3. The van der Waals surface area contributed by atoms with Crippen LogP contribution in [0.2, 0.25) is 0 Å². The Bertz CT molecular complexity index is 1110. The molecule has 0 fully saturated rings. The van der Waals surface area contributed by atoms with Gasteiger partial charge in [0, 0.05) is 24.8 Å².